The first kappa shape index (κ1) is 20.2. The van der Waals surface area contributed by atoms with Crippen molar-refractivity contribution in [2.24, 2.45) is 0 Å². The smallest absolute Gasteiger partial charge is 0.203 e. The fourth-order valence-corrected chi connectivity index (χ4v) is 2.83. The molecule has 0 spiro atoms. The van der Waals surface area contributed by atoms with Crippen molar-refractivity contribution in [2.75, 3.05) is 46.1 Å². The van der Waals surface area contributed by atoms with Crippen molar-refractivity contribution in [1.29, 1.82) is 0 Å². The first-order valence-corrected chi connectivity index (χ1v) is 8.42. The molecule has 0 aliphatic rings. The van der Waals surface area contributed by atoms with Gasteiger partial charge in [-0.2, -0.15) is 0 Å². The van der Waals surface area contributed by atoms with Gasteiger partial charge >= 0.3 is 0 Å². The van der Waals surface area contributed by atoms with Crippen LogP contribution in [0.25, 0.3) is 6.08 Å². The van der Waals surface area contributed by atoms with E-state index < -0.39 is 0 Å². The standard InChI is InChI=1S/C21H26N2O4/c1-13(20(24)15-7-8-17(23(2)3)16(22)12-15)9-14-10-18(25-4)21(27-6)19(11-14)26-5/h7-12H,22H2,1-6H3/b13-9+. The van der Waals surface area contributed by atoms with Gasteiger partial charge in [0.25, 0.3) is 0 Å². The number of ether oxygens (including phenoxy) is 3. The molecular weight excluding hydrogens is 344 g/mol. The number of methoxy groups -OCH3 is 3. The summed E-state index contributed by atoms with van der Waals surface area (Å²) in [5, 5.41) is 0. The van der Waals surface area contributed by atoms with Crippen LogP contribution in [0.1, 0.15) is 22.8 Å². The van der Waals surface area contributed by atoms with E-state index in [1.165, 1.54) is 0 Å². The second-order valence-electron chi connectivity index (χ2n) is 6.28. The number of carbonyl (C=O) groups excluding carboxylic acids is 1. The summed E-state index contributed by atoms with van der Waals surface area (Å²) in [4.78, 5) is 14.7. The molecule has 0 aliphatic carbocycles. The largest absolute Gasteiger partial charge is 0.493 e. The van der Waals surface area contributed by atoms with E-state index in [1.807, 2.05) is 25.1 Å². The predicted molar refractivity (Wildman–Crippen MR) is 109 cm³/mol. The highest BCUT2D eigenvalue weighted by atomic mass is 16.5. The van der Waals surface area contributed by atoms with Gasteiger partial charge in [-0.3, -0.25) is 4.79 Å². The molecule has 0 amide bonds. The van der Waals surface area contributed by atoms with Crippen molar-refractivity contribution in [1.82, 2.24) is 0 Å². The Bertz CT molecular complexity index is 847. The van der Waals surface area contributed by atoms with Crippen LogP contribution in [0, 0.1) is 0 Å². The van der Waals surface area contributed by atoms with Crippen LogP contribution >= 0.6 is 0 Å². The number of anilines is 2. The molecule has 0 fully saturated rings. The number of hydrogen-bond donors (Lipinski definition) is 1. The van der Waals surface area contributed by atoms with Crippen molar-refractivity contribution in [3.63, 3.8) is 0 Å². The van der Waals surface area contributed by atoms with E-state index in [0.717, 1.165) is 11.3 Å². The molecule has 2 N–H and O–H groups in total. The van der Waals surface area contributed by atoms with Gasteiger partial charge < -0.3 is 24.8 Å². The van der Waals surface area contributed by atoms with Gasteiger partial charge in [-0.25, -0.2) is 0 Å². The Balaban J connectivity index is 2.39. The molecule has 0 radical (unpaired) electrons. The maximum Gasteiger partial charge on any atom is 0.203 e. The molecule has 0 unspecified atom stereocenters. The molecule has 2 aromatic carbocycles. The Kier molecular flexibility index (Phi) is 6.34. The van der Waals surface area contributed by atoms with Gasteiger partial charge in [0.2, 0.25) is 5.75 Å². The number of rotatable bonds is 7. The number of nitrogens with zero attached hydrogens (tertiary/aromatic N) is 1. The fraction of sp³-hybridized carbons (Fsp3) is 0.286. The molecule has 2 rings (SSSR count). The van der Waals surface area contributed by atoms with Crippen LogP contribution in [-0.2, 0) is 0 Å². The number of ketones is 1. The molecule has 0 atom stereocenters. The second kappa shape index (κ2) is 8.49. The number of benzene rings is 2. The molecule has 144 valence electrons. The molecule has 0 saturated carbocycles. The molecule has 2 aromatic rings. The highest BCUT2D eigenvalue weighted by Gasteiger charge is 2.15. The zero-order valence-electron chi connectivity index (χ0n) is 16.6. The van der Waals surface area contributed by atoms with E-state index in [0.29, 0.717) is 34.1 Å². The summed E-state index contributed by atoms with van der Waals surface area (Å²) in [7, 11) is 8.47. The predicted octanol–water partition coefficient (Wildman–Crippen LogP) is 3.65. The quantitative estimate of drug-likeness (QED) is 0.456. The summed E-state index contributed by atoms with van der Waals surface area (Å²) in [6.07, 6.45) is 1.78. The SMILES string of the molecule is COc1cc(/C=C(\C)C(=O)c2ccc(N(C)C)c(N)c2)cc(OC)c1OC. The Morgan fingerprint density at radius 1 is 1.00 bits per heavy atom. The average Bonchev–Trinajstić information content (AvgIpc) is 2.65. The van der Waals surface area contributed by atoms with Gasteiger partial charge in [0.05, 0.1) is 32.7 Å². The van der Waals surface area contributed by atoms with E-state index in [2.05, 4.69) is 0 Å². The molecule has 0 bridgehead atoms. The molecule has 0 aromatic heterocycles. The molecule has 0 saturated heterocycles. The molecule has 0 aliphatic heterocycles. The zero-order valence-corrected chi connectivity index (χ0v) is 16.6. The van der Waals surface area contributed by atoms with Gasteiger partial charge in [-0.15, -0.1) is 0 Å². The molecule has 6 nitrogen and oxygen atoms in total. The lowest BCUT2D eigenvalue weighted by Gasteiger charge is -2.16. The van der Waals surface area contributed by atoms with Crippen LogP contribution in [0.2, 0.25) is 0 Å². The third-order valence-electron chi connectivity index (χ3n) is 4.20. The lowest BCUT2D eigenvalue weighted by molar-refractivity contribution is 0.103. The maximum atomic E-state index is 12.8. The van der Waals surface area contributed by atoms with E-state index in [4.69, 9.17) is 19.9 Å². The zero-order chi connectivity index (χ0) is 20.1. The van der Waals surface area contributed by atoms with Crippen LogP contribution in [0.5, 0.6) is 17.2 Å². The van der Waals surface area contributed by atoms with Crippen LogP contribution in [-0.4, -0.2) is 41.2 Å². The van der Waals surface area contributed by atoms with Crippen LogP contribution in [0.4, 0.5) is 11.4 Å². The molecule has 0 heterocycles. The van der Waals surface area contributed by atoms with Gasteiger partial charge in [0.15, 0.2) is 17.3 Å². The Morgan fingerprint density at radius 3 is 2.04 bits per heavy atom. The summed E-state index contributed by atoms with van der Waals surface area (Å²) in [6, 6.07) is 8.91. The minimum atomic E-state index is -0.0965. The topological polar surface area (TPSA) is 74.0 Å². The van der Waals surface area contributed by atoms with E-state index in [9.17, 15) is 4.79 Å². The second-order valence-corrected chi connectivity index (χ2v) is 6.28. The average molecular weight is 370 g/mol. The Labute approximate surface area is 160 Å². The monoisotopic (exact) mass is 370 g/mol. The molecule has 27 heavy (non-hydrogen) atoms. The first-order valence-electron chi connectivity index (χ1n) is 8.42. The van der Waals surface area contributed by atoms with Gasteiger partial charge in [0, 0.05) is 19.7 Å². The summed E-state index contributed by atoms with van der Waals surface area (Å²) in [6.45, 7) is 1.77. The van der Waals surface area contributed by atoms with Crippen molar-refractivity contribution >= 4 is 23.2 Å². The highest BCUT2D eigenvalue weighted by molar-refractivity contribution is 6.11. The Morgan fingerprint density at radius 2 is 1.59 bits per heavy atom. The summed E-state index contributed by atoms with van der Waals surface area (Å²) in [5.41, 5.74) is 9.38. The lowest BCUT2D eigenvalue weighted by Crippen LogP contribution is -2.12. The van der Waals surface area contributed by atoms with Gasteiger partial charge in [0.1, 0.15) is 0 Å². The molecule has 6 heteroatoms. The molecular formula is C21H26N2O4. The van der Waals surface area contributed by atoms with Gasteiger partial charge in [-0.05, 0) is 54.5 Å². The van der Waals surface area contributed by atoms with E-state index in [1.54, 1.807) is 58.6 Å². The summed E-state index contributed by atoms with van der Waals surface area (Å²) in [5.74, 6) is 1.47. The minimum Gasteiger partial charge on any atom is -0.493 e. The van der Waals surface area contributed by atoms with Crippen LogP contribution in [0.3, 0.4) is 0 Å². The van der Waals surface area contributed by atoms with Crippen molar-refractivity contribution in [2.45, 2.75) is 6.92 Å². The number of allylic oxidation sites excluding steroid dienone is 1. The minimum absolute atomic E-state index is 0.0965. The summed E-state index contributed by atoms with van der Waals surface area (Å²) < 4.78 is 16.0. The lowest BCUT2D eigenvalue weighted by atomic mass is 10.0. The number of nitrogen functional groups attached to an aromatic ring is 1. The first-order chi connectivity index (χ1) is 12.8. The highest BCUT2D eigenvalue weighted by Crippen LogP contribution is 2.38. The van der Waals surface area contributed by atoms with Crippen LogP contribution < -0.4 is 24.8 Å². The van der Waals surface area contributed by atoms with Crippen molar-refractivity contribution < 1.29 is 19.0 Å². The number of hydrogen-bond acceptors (Lipinski definition) is 6. The fourth-order valence-electron chi connectivity index (χ4n) is 2.83. The third kappa shape index (κ3) is 4.34. The maximum absolute atomic E-state index is 12.8. The summed E-state index contributed by atoms with van der Waals surface area (Å²) >= 11 is 0. The van der Waals surface area contributed by atoms with Crippen molar-refractivity contribution in [3.8, 4) is 17.2 Å². The van der Waals surface area contributed by atoms with E-state index in [-0.39, 0.29) is 5.78 Å². The van der Waals surface area contributed by atoms with E-state index >= 15 is 0 Å². The number of Topliss-reactive ketones (excluding diaryl/α,β-unsaturated/α-hetero) is 1. The van der Waals surface area contributed by atoms with Crippen LogP contribution in [0.15, 0.2) is 35.9 Å². The number of nitrogens with two attached hydrogens (primary N) is 1. The van der Waals surface area contributed by atoms with Gasteiger partial charge in [-0.1, -0.05) is 0 Å². The van der Waals surface area contributed by atoms with Crippen molar-refractivity contribution in [3.05, 3.63) is 47.0 Å². The number of carbonyl (C=O) groups is 1. The normalized spacial score (nSPS) is 11.1. The third-order valence-corrected chi connectivity index (χ3v) is 4.20. The Hall–Kier alpha value is -3.15.